The molecule has 3 nitrogen and oxygen atoms in total. The standard InChI is InChI=1S/C16H16N2O/c1-18(2)14-8-5-12-9-15(19-16(12)10-14)11-3-6-13(17)7-4-11/h3-10H,17H2,1-2H3. The molecule has 3 heteroatoms. The van der Waals surface area contributed by atoms with Gasteiger partial charge in [-0.05, 0) is 42.5 Å². The highest BCUT2D eigenvalue weighted by Crippen LogP contribution is 2.30. The van der Waals surface area contributed by atoms with E-state index in [2.05, 4.69) is 29.2 Å². The topological polar surface area (TPSA) is 42.4 Å². The number of fused-ring (bicyclic) bond motifs is 1. The zero-order valence-electron chi connectivity index (χ0n) is 11.1. The quantitative estimate of drug-likeness (QED) is 0.706. The molecular weight excluding hydrogens is 236 g/mol. The number of nitrogens with zero attached hydrogens (tertiary/aromatic N) is 1. The minimum absolute atomic E-state index is 0.759. The highest BCUT2D eigenvalue weighted by Gasteiger charge is 2.07. The summed E-state index contributed by atoms with van der Waals surface area (Å²) >= 11 is 0. The van der Waals surface area contributed by atoms with Crippen molar-refractivity contribution in [1.82, 2.24) is 0 Å². The maximum Gasteiger partial charge on any atom is 0.136 e. The Morgan fingerprint density at radius 1 is 0.947 bits per heavy atom. The van der Waals surface area contributed by atoms with Gasteiger partial charge in [0.2, 0.25) is 0 Å². The second-order valence-electron chi connectivity index (χ2n) is 4.85. The third-order valence-electron chi connectivity index (χ3n) is 3.22. The summed E-state index contributed by atoms with van der Waals surface area (Å²) in [6.45, 7) is 0. The zero-order valence-corrected chi connectivity index (χ0v) is 11.1. The summed E-state index contributed by atoms with van der Waals surface area (Å²) in [7, 11) is 4.04. The highest BCUT2D eigenvalue weighted by molar-refractivity contribution is 5.85. The fourth-order valence-corrected chi connectivity index (χ4v) is 2.09. The average molecular weight is 252 g/mol. The maximum absolute atomic E-state index is 5.92. The van der Waals surface area contributed by atoms with Gasteiger partial charge in [0, 0.05) is 42.5 Å². The van der Waals surface area contributed by atoms with Crippen molar-refractivity contribution in [1.29, 1.82) is 0 Å². The van der Waals surface area contributed by atoms with E-state index in [1.54, 1.807) is 0 Å². The van der Waals surface area contributed by atoms with Gasteiger partial charge in [-0.15, -0.1) is 0 Å². The van der Waals surface area contributed by atoms with Crippen LogP contribution in [0.4, 0.5) is 11.4 Å². The van der Waals surface area contributed by atoms with Crippen LogP contribution in [0.5, 0.6) is 0 Å². The molecule has 0 bridgehead atoms. The van der Waals surface area contributed by atoms with Crippen molar-refractivity contribution in [2.45, 2.75) is 0 Å². The largest absolute Gasteiger partial charge is 0.456 e. The predicted octanol–water partition coefficient (Wildman–Crippen LogP) is 3.75. The Balaban J connectivity index is 2.08. The first kappa shape index (κ1) is 11.7. The van der Waals surface area contributed by atoms with Crippen LogP contribution in [-0.2, 0) is 0 Å². The van der Waals surface area contributed by atoms with E-state index in [-0.39, 0.29) is 0 Å². The Morgan fingerprint density at radius 2 is 1.68 bits per heavy atom. The highest BCUT2D eigenvalue weighted by atomic mass is 16.3. The Kier molecular flexibility index (Phi) is 2.67. The molecule has 96 valence electrons. The van der Waals surface area contributed by atoms with Crippen LogP contribution in [0.3, 0.4) is 0 Å². The van der Waals surface area contributed by atoms with Gasteiger partial charge in [-0.25, -0.2) is 0 Å². The second kappa shape index (κ2) is 4.35. The first-order valence-corrected chi connectivity index (χ1v) is 6.20. The molecule has 0 atom stereocenters. The van der Waals surface area contributed by atoms with Crippen molar-refractivity contribution in [3.05, 3.63) is 48.5 Å². The molecule has 0 aliphatic rings. The summed E-state index contributed by atoms with van der Waals surface area (Å²) in [5.41, 5.74) is 9.53. The van der Waals surface area contributed by atoms with Gasteiger partial charge in [0.15, 0.2) is 0 Å². The summed E-state index contributed by atoms with van der Waals surface area (Å²) < 4.78 is 5.92. The van der Waals surface area contributed by atoms with E-state index in [0.29, 0.717) is 0 Å². The first-order valence-electron chi connectivity index (χ1n) is 6.20. The van der Waals surface area contributed by atoms with E-state index in [9.17, 15) is 0 Å². The molecule has 19 heavy (non-hydrogen) atoms. The molecular formula is C16H16N2O. The lowest BCUT2D eigenvalue weighted by Gasteiger charge is -2.11. The lowest BCUT2D eigenvalue weighted by molar-refractivity contribution is 0.631. The normalized spacial score (nSPS) is 10.8. The van der Waals surface area contributed by atoms with E-state index in [0.717, 1.165) is 33.7 Å². The molecule has 0 aliphatic heterocycles. The van der Waals surface area contributed by atoms with Crippen LogP contribution in [-0.4, -0.2) is 14.1 Å². The Morgan fingerprint density at radius 3 is 2.37 bits per heavy atom. The molecule has 0 radical (unpaired) electrons. The van der Waals surface area contributed by atoms with Gasteiger partial charge in [0.25, 0.3) is 0 Å². The van der Waals surface area contributed by atoms with Crippen LogP contribution in [0.25, 0.3) is 22.3 Å². The Bertz CT molecular complexity index is 711. The van der Waals surface area contributed by atoms with Crippen LogP contribution in [0, 0.1) is 0 Å². The van der Waals surface area contributed by atoms with Crippen LogP contribution in [0.1, 0.15) is 0 Å². The number of nitrogens with two attached hydrogens (primary N) is 1. The van der Waals surface area contributed by atoms with Crippen molar-refractivity contribution >= 4 is 22.3 Å². The number of hydrogen-bond acceptors (Lipinski definition) is 3. The summed E-state index contributed by atoms with van der Waals surface area (Å²) in [6, 6.07) is 16.0. The van der Waals surface area contributed by atoms with E-state index in [1.807, 2.05) is 38.4 Å². The van der Waals surface area contributed by atoms with Crippen molar-refractivity contribution in [3.8, 4) is 11.3 Å². The van der Waals surface area contributed by atoms with E-state index >= 15 is 0 Å². The molecule has 1 aromatic heterocycles. The monoisotopic (exact) mass is 252 g/mol. The third kappa shape index (κ3) is 2.15. The molecule has 2 aromatic carbocycles. The molecule has 0 amide bonds. The van der Waals surface area contributed by atoms with Gasteiger partial charge >= 0.3 is 0 Å². The van der Waals surface area contributed by atoms with E-state index in [1.165, 1.54) is 0 Å². The SMILES string of the molecule is CN(C)c1ccc2cc(-c3ccc(N)cc3)oc2c1. The molecule has 0 saturated carbocycles. The molecule has 0 fully saturated rings. The Hall–Kier alpha value is -2.42. The minimum Gasteiger partial charge on any atom is -0.456 e. The van der Waals surface area contributed by atoms with Crippen LogP contribution >= 0.6 is 0 Å². The Labute approximate surface area is 112 Å². The van der Waals surface area contributed by atoms with Gasteiger partial charge in [0.05, 0.1) is 0 Å². The molecule has 2 N–H and O–H groups in total. The number of anilines is 2. The van der Waals surface area contributed by atoms with E-state index in [4.69, 9.17) is 10.2 Å². The van der Waals surface area contributed by atoms with E-state index < -0.39 is 0 Å². The molecule has 0 spiro atoms. The zero-order chi connectivity index (χ0) is 13.4. The summed E-state index contributed by atoms with van der Waals surface area (Å²) in [5.74, 6) is 0.867. The number of furan rings is 1. The number of rotatable bonds is 2. The van der Waals surface area contributed by atoms with Gasteiger partial charge < -0.3 is 15.1 Å². The van der Waals surface area contributed by atoms with Crippen molar-refractivity contribution < 1.29 is 4.42 Å². The summed E-state index contributed by atoms with van der Waals surface area (Å²) in [4.78, 5) is 2.06. The van der Waals surface area contributed by atoms with Crippen LogP contribution in [0.2, 0.25) is 0 Å². The predicted molar refractivity (Wildman–Crippen MR) is 80.4 cm³/mol. The fraction of sp³-hybridized carbons (Fsp3) is 0.125. The molecule has 1 heterocycles. The lowest BCUT2D eigenvalue weighted by atomic mass is 10.1. The molecule has 0 saturated heterocycles. The number of hydrogen-bond donors (Lipinski definition) is 1. The molecule has 0 aliphatic carbocycles. The molecule has 0 unspecified atom stereocenters. The fourth-order valence-electron chi connectivity index (χ4n) is 2.09. The number of benzene rings is 2. The van der Waals surface area contributed by atoms with Crippen molar-refractivity contribution in [2.75, 3.05) is 24.7 Å². The second-order valence-corrected chi connectivity index (χ2v) is 4.85. The van der Waals surface area contributed by atoms with Crippen LogP contribution in [0.15, 0.2) is 52.9 Å². The molecule has 3 aromatic rings. The van der Waals surface area contributed by atoms with Crippen LogP contribution < -0.4 is 10.6 Å². The first-order chi connectivity index (χ1) is 9.13. The maximum atomic E-state index is 5.92. The summed E-state index contributed by atoms with van der Waals surface area (Å²) in [6.07, 6.45) is 0. The van der Waals surface area contributed by atoms with Crippen molar-refractivity contribution in [3.63, 3.8) is 0 Å². The minimum atomic E-state index is 0.759. The van der Waals surface area contributed by atoms with Gasteiger partial charge in [-0.1, -0.05) is 0 Å². The smallest absolute Gasteiger partial charge is 0.136 e. The molecule has 3 rings (SSSR count). The van der Waals surface area contributed by atoms with Crippen molar-refractivity contribution in [2.24, 2.45) is 0 Å². The number of nitrogen functional groups attached to an aromatic ring is 1. The third-order valence-corrected chi connectivity index (χ3v) is 3.22. The average Bonchev–Trinajstić information content (AvgIpc) is 2.82. The van der Waals surface area contributed by atoms with Gasteiger partial charge in [0.1, 0.15) is 11.3 Å². The summed E-state index contributed by atoms with van der Waals surface area (Å²) in [5, 5.41) is 1.11. The van der Waals surface area contributed by atoms with Gasteiger partial charge in [-0.2, -0.15) is 0 Å². The van der Waals surface area contributed by atoms with Gasteiger partial charge in [-0.3, -0.25) is 0 Å². The lowest BCUT2D eigenvalue weighted by Crippen LogP contribution is -2.07.